The van der Waals surface area contributed by atoms with Gasteiger partial charge in [-0.1, -0.05) is 19.1 Å². The number of benzene rings is 1. The Labute approximate surface area is 129 Å². The first-order valence-electron chi connectivity index (χ1n) is 7.18. The molecule has 21 heavy (non-hydrogen) atoms. The van der Waals surface area contributed by atoms with Gasteiger partial charge in [-0.25, -0.2) is 13.1 Å². The lowest BCUT2D eigenvalue weighted by Gasteiger charge is -2.22. The summed E-state index contributed by atoms with van der Waals surface area (Å²) >= 11 is 0. The van der Waals surface area contributed by atoms with E-state index in [1.165, 1.54) is 0 Å². The van der Waals surface area contributed by atoms with Crippen LogP contribution in [0.4, 0.5) is 0 Å². The van der Waals surface area contributed by atoms with E-state index in [9.17, 15) is 12.6 Å². The first-order valence-corrected chi connectivity index (χ1v) is 10.2. The van der Waals surface area contributed by atoms with Gasteiger partial charge >= 0.3 is 0 Å². The molecule has 1 heterocycles. The highest BCUT2D eigenvalue weighted by molar-refractivity contribution is 7.89. The van der Waals surface area contributed by atoms with E-state index >= 15 is 0 Å². The zero-order chi connectivity index (χ0) is 15.3. The molecule has 0 unspecified atom stereocenters. The van der Waals surface area contributed by atoms with Gasteiger partial charge in [0.2, 0.25) is 10.0 Å². The van der Waals surface area contributed by atoms with Crippen molar-refractivity contribution in [2.45, 2.75) is 37.2 Å². The second-order valence-electron chi connectivity index (χ2n) is 5.17. The van der Waals surface area contributed by atoms with E-state index in [0.717, 1.165) is 18.7 Å². The van der Waals surface area contributed by atoms with Crippen LogP contribution in [0.2, 0.25) is 0 Å². The molecule has 1 aromatic carbocycles. The Hall–Kier alpha value is -0.760. The fourth-order valence-corrected chi connectivity index (χ4v) is 4.86. The Morgan fingerprint density at radius 1 is 1.19 bits per heavy atom. The summed E-state index contributed by atoms with van der Waals surface area (Å²) < 4.78 is 38.6. The fourth-order valence-electron chi connectivity index (χ4n) is 2.25. The molecule has 1 aliphatic rings. The van der Waals surface area contributed by atoms with Crippen molar-refractivity contribution in [3.8, 4) is 0 Å². The van der Waals surface area contributed by atoms with E-state index in [2.05, 4.69) is 10.0 Å². The van der Waals surface area contributed by atoms with Gasteiger partial charge in [0.25, 0.3) is 0 Å². The maximum Gasteiger partial charge on any atom is 0.240 e. The molecular formula is C14H22N2O3S2. The van der Waals surface area contributed by atoms with Crippen molar-refractivity contribution >= 4 is 20.8 Å². The molecule has 1 saturated heterocycles. The number of sulfonamides is 1. The van der Waals surface area contributed by atoms with Gasteiger partial charge in [-0.3, -0.25) is 4.21 Å². The van der Waals surface area contributed by atoms with E-state index in [4.69, 9.17) is 0 Å². The molecular weight excluding hydrogens is 308 g/mol. The third-order valence-electron chi connectivity index (χ3n) is 3.52. The van der Waals surface area contributed by atoms with E-state index in [0.29, 0.717) is 24.3 Å². The Morgan fingerprint density at radius 3 is 2.38 bits per heavy atom. The fraction of sp³-hybridized carbons (Fsp3) is 0.571. The van der Waals surface area contributed by atoms with Crippen molar-refractivity contribution in [2.75, 3.05) is 18.1 Å². The molecule has 7 heteroatoms. The maximum absolute atomic E-state index is 12.3. The van der Waals surface area contributed by atoms with Crippen LogP contribution >= 0.6 is 0 Å². The molecule has 0 amide bonds. The van der Waals surface area contributed by atoms with Gasteiger partial charge in [-0.2, -0.15) is 0 Å². The van der Waals surface area contributed by atoms with Crippen LogP contribution in [0.3, 0.4) is 0 Å². The predicted octanol–water partition coefficient (Wildman–Crippen LogP) is 0.985. The molecule has 0 radical (unpaired) electrons. The Bertz CT molecular complexity index is 575. The molecule has 0 atom stereocenters. The van der Waals surface area contributed by atoms with Crippen LogP contribution in [0.1, 0.15) is 25.3 Å². The molecule has 118 valence electrons. The minimum atomic E-state index is -3.48. The average molecular weight is 330 g/mol. The Kier molecular flexibility index (Phi) is 5.92. The lowest BCUT2D eigenvalue weighted by molar-refractivity contribution is 0.522. The summed E-state index contributed by atoms with van der Waals surface area (Å²) in [6.07, 6.45) is 1.29. The maximum atomic E-state index is 12.3. The van der Waals surface area contributed by atoms with Gasteiger partial charge < -0.3 is 5.32 Å². The zero-order valence-corrected chi connectivity index (χ0v) is 13.8. The third-order valence-corrected chi connectivity index (χ3v) is 6.44. The standard InChI is InChI=1S/C14H22N2O3S2/c1-2-15-11-12-3-5-14(6-4-12)21(18,19)16-13-7-9-20(17)10-8-13/h3-6,13,15-16H,2,7-11H2,1H3. The molecule has 5 nitrogen and oxygen atoms in total. The Balaban J connectivity index is 2.00. The van der Waals surface area contributed by atoms with Crippen molar-refractivity contribution in [2.24, 2.45) is 0 Å². The topological polar surface area (TPSA) is 75.3 Å². The first-order chi connectivity index (χ1) is 10.0. The number of rotatable bonds is 6. The van der Waals surface area contributed by atoms with Crippen molar-refractivity contribution in [1.82, 2.24) is 10.0 Å². The van der Waals surface area contributed by atoms with Crippen LogP contribution in [-0.4, -0.2) is 36.7 Å². The van der Waals surface area contributed by atoms with Crippen LogP contribution < -0.4 is 10.0 Å². The second-order valence-corrected chi connectivity index (χ2v) is 8.58. The summed E-state index contributed by atoms with van der Waals surface area (Å²) in [6, 6.07) is 6.82. The van der Waals surface area contributed by atoms with Crippen LogP contribution in [0.15, 0.2) is 29.2 Å². The minimum Gasteiger partial charge on any atom is -0.313 e. The van der Waals surface area contributed by atoms with Gasteiger partial charge in [0.1, 0.15) is 0 Å². The summed E-state index contributed by atoms with van der Waals surface area (Å²) in [5, 5.41) is 3.20. The summed E-state index contributed by atoms with van der Waals surface area (Å²) in [4.78, 5) is 0.287. The zero-order valence-electron chi connectivity index (χ0n) is 12.2. The monoisotopic (exact) mass is 330 g/mol. The minimum absolute atomic E-state index is 0.103. The molecule has 0 spiro atoms. The molecule has 0 aliphatic carbocycles. The van der Waals surface area contributed by atoms with E-state index in [-0.39, 0.29) is 10.9 Å². The molecule has 2 rings (SSSR count). The number of hydrogen-bond donors (Lipinski definition) is 2. The highest BCUT2D eigenvalue weighted by atomic mass is 32.2. The number of nitrogens with one attached hydrogen (secondary N) is 2. The van der Waals surface area contributed by atoms with Crippen LogP contribution in [0.5, 0.6) is 0 Å². The van der Waals surface area contributed by atoms with Gasteiger partial charge in [0.15, 0.2) is 0 Å². The van der Waals surface area contributed by atoms with Crippen molar-refractivity contribution in [3.05, 3.63) is 29.8 Å². The van der Waals surface area contributed by atoms with E-state index in [1.54, 1.807) is 12.1 Å². The van der Waals surface area contributed by atoms with Crippen molar-refractivity contribution in [1.29, 1.82) is 0 Å². The van der Waals surface area contributed by atoms with E-state index in [1.807, 2.05) is 19.1 Å². The average Bonchev–Trinajstić information content (AvgIpc) is 2.48. The van der Waals surface area contributed by atoms with Crippen molar-refractivity contribution in [3.63, 3.8) is 0 Å². The highest BCUT2D eigenvalue weighted by Gasteiger charge is 2.23. The smallest absolute Gasteiger partial charge is 0.240 e. The van der Waals surface area contributed by atoms with Gasteiger partial charge in [-0.15, -0.1) is 0 Å². The normalized spacial score (nSPS) is 23.1. The lowest BCUT2D eigenvalue weighted by atomic mass is 10.2. The summed E-state index contributed by atoms with van der Waals surface area (Å²) in [7, 11) is -4.27. The van der Waals surface area contributed by atoms with Crippen LogP contribution in [0, 0.1) is 0 Å². The summed E-state index contributed by atoms with van der Waals surface area (Å²) in [5.41, 5.74) is 1.06. The van der Waals surface area contributed by atoms with Crippen LogP contribution in [-0.2, 0) is 27.4 Å². The predicted molar refractivity (Wildman–Crippen MR) is 85.0 cm³/mol. The highest BCUT2D eigenvalue weighted by Crippen LogP contribution is 2.15. The molecule has 2 N–H and O–H groups in total. The van der Waals surface area contributed by atoms with E-state index < -0.39 is 20.8 Å². The molecule has 1 aromatic rings. The lowest BCUT2D eigenvalue weighted by Crippen LogP contribution is -2.39. The Morgan fingerprint density at radius 2 is 1.81 bits per heavy atom. The first kappa shape index (κ1) is 16.6. The quantitative estimate of drug-likeness (QED) is 0.815. The molecule has 0 saturated carbocycles. The van der Waals surface area contributed by atoms with Crippen LogP contribution in [0.25, 0.3) is 0 Å². The van der Waals surface area contributed by atoms with Gasteiger partial charge in [0.05, 0.1) is 4.90 Å². The molecule has 1 aliphatic heterocycles. The largest absolute Gasteiger partial charge is 0.313 e. The molecule has 1 fully saturated rings. The summed E-state index contributed by atoms with van der Waals surface area (Å²) in [6.45, 7) is 3.64. The van der Waals surface area contributed by atoms with Gasteiger partial charge in [-0.05, 0) is 37.1 Å². The molecule has 0 aromatic heterocycles. The third kappa shape index (κ3) is 4.88. The second kappa shape index (κ2) is 7.49. The van der Waals surface area contributed by atoms with Gasteiger partial charge in [0, 0.05) is 34.9 Å². The van der Waals surface area contributed by atoms with Crippen molar-refractivity contribution < 1.29 is 12.6 Å². The number of hydrogen-bond acceptors (Lipinski definition) is 4. The SMILES string of the molecule is CCNCc1ccc(S(=O)(=O)NC2CCS(=O)CC2)cc1. The molecule has 0 bridgehead atoms. The summed E-state index contributed by atoms with van der Waals surface area (Å²) in [5.74, 6) is 1.16.